The Hall–Kier alpha value is -3.34. The predicted octanol–water partition coefficient (Wildman–Crippen LogP) is 4.22. The lowest BCUT2D eigenvalue weighted by molar-refractivity contribution is -0.0500. The van der Waals surface area contributed by atoms with Gasteiger partial charge in [0.1, 0.15) is 12.1 Å². The summed E-state index contributed by atoms with van der Waals surface area (Å²) in [6, 6.07) is 5.61. The summed E-state index contributed by atoms with van der Waals surface area (Å²) in [5, 5.41) is 0. The van der Waals surface area contributed by atoms with Crippen molar-refractivity contribution >= 4 is 37.1 Å². The fourth-order valence-electron chi connectivity index (χ4n) is 5.43. The molecule has 5 rings (SSSR count). The predicted molar refractivity (Wildman–Crippen MR) is 127 cm³/mol. The molecule has 0 saturated carbocycles. The van der Waals surface area contributed by atoms with Crippen molar-refractivity contribution in [2.45, 2.75) is 49.2 Å². The molecule has 1 saturated heterocycles. The Labute approximate surface area is 223 Å². The van der Waals surface area contributed by atoms with Crippen molar-refractivity contribution in [3.63, 3.8) is 0 Å². The first kappa shape index (κ1) is 28.2. The standard InChI is InChI=1S/C23H19F6N3O6S2/c1-12-19(38-40(36,37)23(27,28)29)7-5-13-10-18-15(20(12)13)3-2-8-31(18)21(33)14-4-6-17-16(9-14)30-11-32(17)39(34,35)22(24,25)26/h4-7,9,11,15,18H,2-3,8,10H2,1H3/t15-,18-/m0/s1. The average molecular weight is 612 g/mol. The number of hydrogen-bond acceptors (Lipinski definition) is 7. The van der Waals surface area contributed by atoms with Crippen molar-refractivity contribution < 1.29 is 52.2 Å². The van der Waals surface area contributed by atoms with Crippen molar-refractivity contribution in [2.75, 3.05) is 6.54 Å². The van der Waals surface area contributed by atoms with Gasteiger partial charge in [-0.15, -0.1) is 0 Å². The summed E-state index contributed by atoms with van der Waals surface area (Å²) >= 11 is 0. The molecule has 1 aliphatic carbocycles. The average Bonchev–Trinajstić information content (AvgIpc) is 3.45. The van der Waals surface area contributed by atoms with Crippen molar-refractivity contribution in [3.05, 3.63) is 58.9 Å². The highest BCUT2D eigenvalue weighted by atomic mass is 32.2. The second-order valence-corrected chi connectivity index (χ2v) is 12.8. The minimum absolute atomic E-state index is 0.0114. The molecule has 1 fully saturated rings. The summed E-state index contributed by atoms with van der Waals surface area (Å²) in [6.07, 6.45) is 1.92. The van der Waals surface area contributed by atoms with Gasteiger partial charge in [0.25, 0.3) is 5.91 Å². The Morgan fingerprint density at radius 2 is 1.73 bits per heavy atom. The van der Waals surface area contributed by atoms with Crippen molar-refractivity contribution in [1.82, 2.24) is 13.9 Å². The van der Waals surface area contributed by atoms with Crippen molar-refractivity contribution in [1.29, 1.82) is 0 Å². The van der Waals surface area contributed by atoms with Gasteiger partial charge in [-0.05, 0) is 67.1 Å². The molecule has 0 N–H and O–H groups in total. The minimum atomic E-state index is -5.89. The molecule has 3 aromatic rings. The largest absolute Gasteiger partial charge is 0.534 e. The van der Waals surface area contributed by atoms with Crippen molar-refractivity contribution in [3.8, 4) is 5.75 Å². The summed E-state index contributed by atoms with van der Waals surface area (Å²) in [5.41, 5.74) is -10.1. The normalized spacial score (nSPS) is 19.9. The van der Waals surface area contributed by atoms with Crippen LogP contribution in [-0.2, 0) is 26.6 Å². The number of alkyl halides is 6. The fourth-order valence-corrected chi connectivity index (χ4v) is 6.75. The van der Waals surface area contributed by atoms with Gasteiger partial charge < -0.3 is 9.08 Å². The second-order valence-electron chi connectivity index (χ2n) is 9.46. The van der Waals surface area contributed by atoms with Crippen LogP contribution < -0.4 is 4.18 Å². The second kappa shape index (κ2) is 9.09. The number of likely N-dealkylation sites (tertiary alicyclic amines) is 1. The third kappa shape index (κ3) is 4.38. The van der Waals surface area contributed by atoms with Crippen LogP contribution >= 0.6 is 0 Å². The van der Waals surface area contributed by atoms with Crippen LogP contribution in [0.2, 0.25) is 0 Å². The summed E-state index contributed by atoms with van der Waals surface area (Å²) in [4.78, 5) is 18.8. The van der Waals surface area contributed by atoms with Crippen LogP contribution in [0.5, 0.6) is 5.75 Å². The van der Waals surface area contributed by atoms with E-state index in [-0.39, 0.29) is 32.1 Å². The maximum absolute atomic E-state index is 13.5. The molecule has 40 heavy (non-hydrogen) atoms. The van der Waals surface area contributed by atoms with Crippen LogP contribution in [0.25, 0.3) is 11.0 Å². The molecule has 2 heterocycles. The molecule has 2 aromatic carbocycles. The van der Waals surface area contributed by atoms with Crippen LogP contribution in [0.15, 0.2) is 36.7 Å². The van der Waals surface area contributed by atoms with E-state index in [2.05, 4.69) is 9.17 Å². The van der Waals surface area contributed by atoms with Crippen LogP contribution in [0.3, 0.4) is 0 Å². The molecule has 17 heteroatoms. The van der Waals surface area contributed by atoms with E-state index in [1.807, 2.05) is 0 Å². The number of piperidine rings is 1. The van der Waals surface area contributed by atoms with E-state index < -0.39 is 48.9 Å². The van der Waals surface area contributed by atoms with E-state index in [1.165, 1.54) is 25.1 Å². The number of hydrogen-bond donors (Lipinski definition) is 0. The lowest BCUT2D eigenvalue weighted by Gasteiger charge is -2.38. The Kier molecular flexibility index (Phi) is 6.41. The molecule has 0 spiro atoms. The lowest BCUT2D eigenvalue weighted by atomic mass is 9.86. The summed E-state index contributed by atoms with van der Waals surface area (Å²) in [7, 11) is -11.6. The first-order chi connectivity index (χ1) is 18.4. The summed E-state index contributed by atoms with van der Waals surface area (Å²) in [5.74, 6) is -1.29. The topological polar surface area (TPSA) is 116 Å². The number of nitrogens with zero attached hydrogens (tertiary/aromatic N) is 3. The molecule has 0 bridgehead atoms. The van der Waals surface area contributed by atoms with Crippen LogP contribution in [0.1, 0.15) is 45.8 Å². The number of aromatic nitrogens is 2. The maximum atomic E-state index is 13.5. The highest BCUT2D eigenvalue weighted by Crippen LogP contribution is 2.46. The zero-order chi connectivity index (χ0) is 29.4. The number of imidazole rings is 1. The smallest absolute Gasteiger partial charge is 0.376 e. The number of amides is 1. The Balaban J connectivity index is 1.44. The van der Waals surface area contributed by atoms with E-state index >= 15 is 0 Å². The van der Waals surface area contributed by atoms with Gasteiger partial charge in [0.15, 0.2) is 0 Å². The molecule has 2 atom stereocenters. The van der Waals surface area contributed by atoms with Crippen LogP contribution in [0.4, 0.5) is 26.3 Å². The van der Waals surface area contributed by atoms with Gasteiger partial charge in [0.05, 0.1) is 11.0 Å². The molecule has 0 unspecified atom stereocenters. The van der Waals surface area contributed by atoms with Gasteiger partial charge in [0, 0.05) is 24.1 Å². The monoisotopic (exact) mass is 611 g/mol. The highest BCUT2D eigenvalue weighted by Gasteiger charge is 2.50. The highest BCUT2D eigenvalue weighted by molar-refractivity contribution is 7.91. The first-order valence-corrected chi connectivity index (χ1v) is 14.5. The zero-order valence-electron chi connectivity index (χ0n) is 20.3. The lowest BCUT2D eigenvalue weighted by Crippen LogP contribution is -2.46. The number of carbonyl (C=O) groups excluding carboxylic acids is 1. The van der Waals surface area contributed by atoms with E-state index in [0.29, 0.717) is 37.7 Å². The zero-order valence-corrected chi connectivity index (χ0v) is 22.0. The number of rotatable bonds is 4. The molecule has 1 amide bonds. The number of benzene rings is 2. The summed E-state index contributed by atoms with van der Waals surface area (Å²) in [6.45, 7) is 1.76. The molecule has 216 valence electrons. The van der Waals surface area contributed by atoms with Gasteiger partial charge in [-0.1, -0.05) is 6.07 Å². The van der Waals surface area contributed by atoms with Gasteiger partial charge in [-0.3, -0.25) is 4.79 Å². The molecule has 1 aromatic heterocycles. The van der Waals surface area contributed by atoms with Gasteiger partial charge in [-0.25, -0.2) is 8.96 Å². The molecule has 0 radical (unpaired) electrons. The van der Waals surface area contributed by atoms with Crippen LogP contribution in [0, 0.1) is 6.92 Å². The molecule has 2 aliphatic rings. The van der Waals surface area contributed by atoms with E-state index in [9.17, 15) is 48.0 Å². The first-order valence-electron chi connectivity index (χ1n) is 11.7. The van der Waals surface area contributed by atoms with Gasteiger partial charge >= 0.3 is 31.2 Å². The molecule has 1 aliphatic heterocycles. The third-order valence-electron chi connectivity index (χ3n) is 7.19. The Morgan fingerprint density at radius 1 is 1.02 bits per heavy atom. The van der Waals surface area contributed by atoms with Gasteiger partial charge in [-0.2, -0.15) is 43.2 Å². The third-order valence-corrected chi connectivity index (χ3v) is 9.55. The number of carbonyl (C=O) groups is 1. The number of halogens is 6. The quantitative estimate of drug-likeness (QED) is 0.247. The van der Waals surface area contributed by atoms with Crippen molar-refractivity contribution in [2.24, 2.45) is 0 Å². The van der Waals surface area contributed by atoms with E-state index in [4.69, 9.17) is 0 Å². The van der Waals surface area contributed by atoms with E-state index in [1.54, 1.807) is 4.90 Å². The number of fused-ring (bicyclic) bond motifs is 4. The fraction of sp³-hybridized carbons (Fsp3) is 0.391. The Bertz CT molecular complexity index is 1750. The minimum Gasteiger partial charge on any atom is -0.376 e. The van der Waals surface area contributed by atoms with E-state index in [0.717, 1.165) is 17.7 Å². The molecular formula is C23H19F6N3O6S2. The van der Waals surface area contributed by atoms with Crippen LogP contribution in [-0.4, -0.2) is 60.2 Å². The SMILES string of the molecule is Cc1c(OS(=O)(=O)C(F)(F)F)ccc2c1[C@H]1CCCN(C(=O)c3ccc4c(c3)ncn4S(=O)(=O)C(F)(F)F)[C@H]1C2. The van der Waals surface area contributed by atoms with Gasteiger partial charge in [0.2, 0.25) is 0 Å². The summed E-state index contributed by atoms with van der Waals surface area (Å²) < 4.78 is 129. The maximum Gasteiger partial charge on any atom is 0.534 e. The molecule has 9 nitrogen and oxygen atoms in total. The Morgan fingerprint density at radius 3 is 2.38 bits per heavy atom. The molecular weight excluding hydrogens is 592 g/mol.